The van der Waals surface area contributed by atoms with Crippen LogP contribution in [0.4, 0.5) is 15.9 Å². The van der Waals surface area contributed by atoms with Crippen molar-refractivity contribution < 1.29 is 4.39 Å². The number of rotatable bonds is 7. The average molecular weight is 395 g/mol. The van der Waals surface area contributed by atoms with Crippen LogP contribution in [0.1, 0.15) is 31.0 Å². The highest BCUT2D eigenvalue weighted by Gasteiger charge is 2.27. The molecule has 7 nitrogen and oxygen atoms in total. The van der Waals surface area contributed by atoms with Crippen LogP contribution in [-0.2, 0) is 6.42 Å². The molecule has 29 heavy (non-hydrogen) atoms. The largest absolute Gasteiger partial charge is 0.317 e. The van der Waals surface area contributed by atoms with Crippen LogP contribution in [0.5, 0.6) is 0 Å². The smallest absolute Gasteiger partial charge is 0.164 e. The summed E-state index contributed by atoms with van der Waals surface area (Å²) in [5.74, 6) is 0.475. The number of aromatic nitrogens is 4. The molecule has 152 valence electrons. The van der Waals surface area contributed by atoms with Gasteiger partial charge in [0.15, 0.2) is 11.5 Å². The molecule has 4 heterocycles. The van der Waals surface area contributed by atoms with E-state index in [4.69, 9.17) is 4.98 Å². The molecule has 1 fully saturated rings. The number of hydrazine groups is 1. The molecule has 0 radical (unpaired) electrons. The van der Waals surface area contributed by atoms with Gasteiger partial charge >= 0.3 is 0 Å². The third-order valence-corrected chi connectivity index (χ3v) is 5.40. The van der Waals surface area contributed by atoms with Gasteiger partial charge in [0.25, 0.3) is 0 Å². The molecular weight excluding hydrogens is 369 g/mol. The van der Waals surface area contributed by atoms with Crippen LogP contribution in [0, 0.1) is 5.82 Å². The summed E-state index contributed by atoms with van der Waals surface area (Å²) in [5.41, 5.74) is 3.35. The molecule has 0 aromatic carbocycles. The Morgan fingerprint density at radius 3 is 2.93 bits per heavy atom. The molecule has 1 aliphatic rings. The van der Waals surface area contributed by atoms with E-state index < -0.39 is 0 Å². The second-order valence-electron chi connectivity index (χ2n) is 7.31. The van der Waals surface area contributed by atoms with Gasteiger partial charge in [-0.3, -0.25) is 15.0 Å². The first-order valence-electron chi connectivity index (χ1n) is 9.94. The molecule has 3 aromatic rings. The average Bonchev–Trinajstić information content (AvgIpc) is 3.38. The number of hydrogen-bond acceptors (Lipinski definition) is 6. The van der Waals surface area contributed by atoms with E-state index in [1.807, 2.05) is 19.3 Å². The van der Waals surface area contributed by atoms with Gasteiger partial charge in [-0.2, -0.15) is 5.10 Å². The number of fused-ring (bicyclic) bond motifs is 1. The SMILES string of the molecule is C=Cc1cnn2ccc(N3CCCN3c3cc(F)cnc3CCC(C)NC)nc12. The zero-order valence-corrected chi connectivity index (χ0v) is 16.8. The number of pyridine rings is 1. The summed E-state index contributed by atoms with van der Waals surface area (Å²) in [4.78, 5) is 9.20. The zero-order chi connectivity index (χ0) is 20.4. The first-order chi connectivity index (χ1) is 14.1. The molecule has 0 aliphatic carbocycles. The van der Waals surface area contributed by atoms with Crippen molar-refractivity contribution in [2.45, 2.75) is 32.2 Å². The minimum atomic E-state index is -0.328. The van der Waals surface area contributed by atoms with Crippen molar-refractivity contribution in [3.8, 4) is 0 Å². The Kier molecular flexibility index (Phi) is 5.44. The third kappa shape index (κ3) is 3.80. The molecule has 1 N–H and O–H groups in total. The van der Waals surface area contributed by atoms with E-state index in [-0.39, 0.29) is 5.82 Å². The molecule has 0 amide bonds. The van der Waals surface area contributed by atoms with E-state index in [2.05, 4.69) is 38.9 Å². The zero-order valence-electron chi connectivity index (χ0n) is 16.8. The molecule has 1 unspecified atom stereocenters. The Balaban J connectivity index is 1.68. The summed E-state index contributed by atoms with van der Waals surface area (Å²) in [5, 5.41) is 11.7. The Labute approximate surface area is 169 Å². The first-order valence-corrected chi connectivity index (χ1v) is 9.94. The summed E-state index contributed by atoms with van der Waals surface area (Å²) in [6, 6.07) is 3.88. The fraction of sp³-hybridized carbons (Fsp3) is 0.381. The van der Waals surface area contributed by atoms with Gasteiger partial charge in [-0.15, -0.1) is 0 Å². The summed E-state index contributed by atoms with van der Waals surface area (Å²) in [6.45, 7) is 7.57. The van der Waals surface area contributed by atoms with Gasteiger partial charge in [-0.05, 0) is 33.2 Å². The van der Waals surface area contributed by atoms with Gasteiger partial charge in [0.05, 0.1) is 23.8 Å². The molecule has 1 saturated heterocycles. The summed E-state index contributed by atoms with van der Waals surface area (Å²) >= 11 is 0. The fourth-order valence-corrected chi connectivity index (χ4v) is 3.64. The quantitative estimate of drug-likeness (QED) is 0.663. The standard InChI is InChI=1S/C21H26FN7/c1-4-16-13-25-27-11-8-20(26-21(16)27)29-10-5-9-28(29)19-12-17(22)14-24-18(19)7-6-15(2)23-3/h4,8,11-15,23H,1,5-7,9-10H2,2-3H3. The lowest BCUT2D eigenvalue weighted by Crippen LogP contribution is -2.38. The number of nitrogens with zero attached hydrogens (tertiary/aromatic N) is 6. The highest BCUT2D eigenvalue weighted by molar-refractivity contribution is 5.66. The van der Waals surface area contributed by atoms with Crippen LogP contribution in [0.2, 0.25) is 0 Å². The topological polar surface area (TPSA) is 61.6 Å². The van der Waals surface area contributed by atoms with Crippen molar-refractivity contribution in [3.05, 3.63) is 54.4 Å². The molecule has 3 aromatic heterocycles. The predicted octanol–water partition coefficient (Wildman–Crippen LogP) is 3.08. The number of anilines is 2. The minimum Gasteiger partial charge on any atom is -0.317 e. The van der Waals surface area contributed by atoms with Crippen LogP contribution in [-0.4, -0.2) is 45.8 Å². The Morgan fingerprint density at radius 2 is 2.14 bits per heavy atom. The van der Waals surface area contributed by atoms with Gasteiger partial charge in [-0.25, -0.2) is 13.9 Å². The van der Waals surface area contributed by atoms with Crippen molar-refractivity contribution in [2.75, 3.05) is 30.2 Å². The lowest BCUT2D eigenvalue weighted by Gasteiger charge is -2.32. The van der Waals surface area contributed by atoms with E-state index in [1.54, 1.807) is 22.9 Å². The Morgan fingerprint density at radius 1 is 1.31 bits per heavy atom. The number of halogens is 1. The number of hydrogen-bond donors (Lipinski definition) is 1. The molecule has 0 bridgehead atoms. The van der Waals surface area contributed by atoms with Crippen molar-refractivity contribution in [3.63, 3.8) is 0 Å². The first kappa shape index (κ1) is 19.3. The van der Waals surface area contributed by atoms with Gasteiger partial charge in [-0.1, -0.05) is 12.7 Å². The Hall–Kier alpha value is -3.00. The minimum absolute atomic E-state index is 0.328. The van der Waals surface area contributed by atoms with Gasteiger partial charge in [0.2, 0.25) is 0 Å². The molecule has 8 heteroatoms. The van der Waals surface area contributed by atoms with Crippen molar-refractivity contribution >= 4 is 23.2 Å². The van der Waals surface area contributed by atoms with Crippen LogP contribution < -0.4 is 15.3 Å². The molecule has 0 spiro atoms. The van der Waals surface area contributed by atoms with E-state index in [0.717, 1.165) is 60.8 Å². The Bertz CT molecular complexity index is 1020. The molecule has 1 atom stereocenters. The number of nitrogens with one attached hydrogen (secondary N) is 1. The maximum Gasteiger partial charge on any atom is 0.164 e. The van der Waals surface area contributed by atoms with Gasteiger partial charge in [0, 0.05) is 43.0 Å². The van der Waals surface area contributed by atoms with Gasteiger partial charge in [0.1, 0.15) is 5.82 Å². The molecule has 4 rings (SSSR count). The maximum absolute atomic E-state index is 14.1. The van der Waals surface area contributed by atoms with E-state index >= 15 is 0 Å². The fourth-order valence-electron chi connectivity index (χ4n) is 3.64. The second-order valence-corrected chi connectivity index (χ2v) is 7.31. The number of aryl methyl sites for hydroxylation is 1. The van der Waals surface area contributed by atoms with Gasteiger partial charge < -0.3 is 5.32 Å². The van der Waals surface area contributed by atoms with Crippen molar-refractivity contribution in [1.82, 2.24) is 24.9 Å². The monoisotopic (exact) mass is 395 g/mol. The molecular formula is C21H26FN7. The normalized spacial score (nSPS) is 15.3. The summed E-state index contributed by atoms with van der Waals surface area (Å²) < 4.78 is 15.8. The lowest BCUT2D eigenvalue weighted by atomic mass is 10.1. The highest BCUT2D eigenvalue weighted by atomic mass is 19.1. The molecule has 1 aliphatic heterocycles. The van der Waals surface area contributed by atoms with E-state index in [0.29, 0.717) is 6.04 Å². The van der Waals surface area contributed by atoms with E-state index in [1.165, 1.54) is 6.20 Å². The van der Waals surface area contributed by atoms with Crippen LogP contribution >= 0.6 is 0 Å². The lowest BCUT2D eigenvalue weighted by molar-refractivity contribution is 0.558. The maximum atomic E-state index is 14.1. The van der Waals surface area contributed by atoms with E-state index in [9.17, 15) is 4.39 Å². The van der Waals surface area contributed by atoms with Crippen LogP contribution in [0.25, 0.3) is 11.7 Å². The second kappa shape index (κ2) is 8.16. The van der Waals surface area contributed by atoms with Crippen molar-refractivity contribution in [1.29, 1.82) is 0 Å². The van der Waals surface area contributed by atoms with Crippen LogP contribution in [0.15, 0.2) is 37.3 Å². The molecule has 0 saturated carbocycles. The van der Waals surface area contributed by atoms with Crippen molar-refractivity contribution in [2.24, 2.45) is 0 Å². The van der Waals surface area contributed by atoms with Crippen LogP contribution in [0.3, 0.4) is 0 Å². The predicted molar refractivity (Wildman–Crippen MR) is 113 cm³/mol. The summed E-state index contributed by atoms with van der Waals surface area (Å²) in [7, 11) is 1.95. The third-order valence-electron chi connectivity index (χ3n) is 5.40. The highest BCUT2D eigenvalue weighted by Crippen LogP contribution is 2.30. The summed E-state index contributed by atoms with van der Waals surface area (Å²) in [6.07, 6.45) is 9.35.